The predicted molar refractivity (Wildman–Crippen MR) is 61.3 cm³/mol. The van der Waals surface area contributed by atoms with E-state index in [1.165, 1.54) is 0 Å². The first-order valence-corrected chi connectivity index (χ1v) is 7.06. The second-order valence-corrected chi connectivity index (χ2v) is 6.71. The van der Waals surface area contributed by atoms with Crippen LogP contribution < -0.4 is 5.26 Å². The Morgan fingerprint density at radius 3 is 2.81 bits per heavy atom. The van der Waals surface area contributed by atoms with E-state index in [9.17, 15) is 10.1 Å². The zero-order valence-electron chi connectivity index (χ0n) is 9.20. The number of ketones is 1. The highest BCUT2D eigenvalue weighted by Crippen LogP contribution is 2.66. The minimum Gasteiger partial charge on any atom is -0.691 e. The third kappa shape index (κ3) is 1.50. The molecule has 2 fully saturated rings. The summed E-state index contributed by atoms with van der Waals surface area (Å²) in [5.41, 5.74) is -0.424. The van der Waals surface area contributed by atoms with Crippen LogP contribution in [0.5, 0.6) is 0 Å². The average molecular weight is 310 g/mol. The fourth-order valence-corrected chi connectivity index (χ4v) is 5.47. The normalized spacial score (nSPS) is 46.6. The first-order chi connectivity index (χ1) is 7.47. The van der Waals surface area contributed by atoms with E-state index in [1.807, 2.05) is 6.92 Å². The van der Waals surface area contributed by atoms with Gasteiger partial charge < -0.3 is 5.26 Å². The van der Waals surface area contributed by atoms with E-state index >= 15 is 0 Å². The van der Waals surface area contributed by atoms with Crippen molar-refractivity contribution in [1.29, 1.82) is 0 Å². The smallest absolute Gasteiger partial charge is 0.153 e. The summed E-state index contributed by atoms with van der Waals surface area (Å²) >= 11 is 4.48. The molecule has 2 aliphatic carbocycles. The highest BCUT2D eigenvalue weighted by molar-refractivity contribution is 9.10. The van der Waals surface area contributed by atoms with Crippen LogP contribution in [-0.4, -0.2) is 16.4 Å². The van der Waals surface area contributed by atoms with Gasteiger partial charge in [0, 0.05) is 23.2 Å². The number of hydrogen-bond donors (Lipinski definition) is 0. The highest BCUT2D eigenvalue weighted by atomic mass is 79.9. The van der Waals surface area contributed by atoms with Crippen molar-refractivity contribution in [3.05, 3.63) is 0 Å². The molecule has 0 aromatic heterocycles. The molecule has 4 unspecified atom stereocenters. The highest BCUT2D eigenvalue weighted by Gasteiger charge is 2.67. The monoisotopic (exact) mass is 309 g/mol. The zero-order valence-corrected chi connectivity index (χ0v) is 11.6. The average Bonchev–Trinajstić information content (AvgIpc) is 2.57. The number of carbonyl (C=O) groups excluding carboxylic acids is 1. The first-order valence-electron chi connectivity index (χ1n) is 5.24. The number of carbonyl (C=O) groups is 1. The van der Waals surface area contributed by atoms with Gasteiger partial charge in [-0.2, -0.15) is 4.33 Å². The van der Waals surface area contributed by atoms with Crippen molar-refractivity contribution in [2.24, 2.45) is 16.7 Å². The van der Waals surface area contributed by atoms with E-state index in [0.717, 1.165) is 24.9 Å². The number of halogens is 1. The Labute approximate surface area is 107 Å². The first kappa shape index (κ1) is 12.8. The molecule has 0 aromatic carbocycles. The largest absolute Gasteiger partial charge is 0.691 e. The van der Waals surface area contributed by atoms with Gasteiger partial charge in [0.2, 0.25) is 0 Å². The van der Waals surface area contributed by atoms with Gasteiger partial charge in [-0.3, -0.25) is 9.83 Å². The van der Waals surface area contributed by atoms with Gasteiger partial charge in [-0.1, -0.05) is 29.8 Å². The molecule has 2 rings (SSSR count). The Kier molecular flexibility index (Phi) is 3.40. The summed E-state index contributed by atoms with van der Waals surface area (Å²) in [7, 11) is 0. The minimum atomic E-state index is -0.301. The van der Waals surface area contributed by atoms with Gasteiger partial charge in [0.15, 0.2) is 5.78 Å². The Bertz CT molecular complexity index is 313. The molecule has 0 saturated heterocycles. The number of Topliss-reactive ketones (excluding diaryl/α,β-unsaturated/α-hetero) is 1. The summed E-state index contributed by atoms with van der Waals surface area (Å²) in [5.74, 6) is 1.21. The van der Waals surface area contributed by atoms with Crippen LogP contribution in [0.2, 0.25) is 0 Å². The predicted octanol–water partition coefficient (Wildman–Crippen LogP) is 1.63. The van der Waals surface area contributed by atoms with Gasteiger partial charge in [0.25, 0.3) is 0 Å². The van der Waals surface area contributed by atoms with E-state index in [-0.39, 0.29) is 21.4 Å². The van der Waals surface area contributed by atoms with Crippen LogP contribution in [0.3, 0.4) is 0 Å². The van der Waals surface area contributed by atoms with Gasteiger partial charge in [0.05, 0.1) is 4.83 Å². The lowest BCUT2D eigenvalue weighted by Crippen LogP contribution is -2.37. The second-order valence-electron chi connectivity index (χ2n) is 5.06. The van der Waals surface area contributed by atoms with Crippen LogP contribution in [0.25, 0.3) is 0 Å². The molecule has 92 valence electrons. The topological polar surface area (TPSA) is 58.6 Å². The number of rotatable bonds is 4. The quantitative estimate of drug-likeness (QED) is 0.260. The van der Waals surface area contributed by atoms with Crippen molar-refractivity contribution in [2.45, 2.75) is 31.5 Å². The van der Waals surface area contributed by atoms with Gasteiger partial charge in [-0.05, 0) is 24.2 Å². The fourth-order valence-electron chi connectivity index (χ4n) is 3.25. The van der Waals surface area contributed by atoms with Gasteiger partial charge in [0.1, 0.15) is 0 Å². The molecule has 2 aliphatic rings. The van der Waals surface area contributed by atoms with Crippen LogP contribution in [-0.2, 0) is 14.2 Å². The lowest BCUT2D eigenvalue weighted by Gasteiger charge is -2.35. The van der Waals surface area contributed by atoms with Crippen molar-refractivity contribution < 1.29 is 19.4 Å². The number of hydrogen-bond acceptors (Lipinski definition) is 5. The molecule has 0 aliphatic heterocycles. The summed E-state index contributed by atoms with van der Waals surface area (Å²) in [6.45, 7) is 4.13. The fraction of sp³-hybridized carbons (Fsp3) is 0.900. The molecule has 0 N–H and O–H groups in total. The molecule has 4 nitrogen and oxygen atoms in total. The Hall–Kier alpha value is 0.380. The van der Waals surface area contributed by atoms with Crippen LogP contribution >= 0.6 is 28.0 Å². The molecule has 0 amide bonds. The summed E-state index contributed by atoms with van der Waals surface area (Å²) in [4.78, 5) is 12.1. The number of alkyl halides is 1. The third-order valence-electron chi connectivity index (χ3n) is 4.62. The summed E-state index contributed by atoms with van der Waals surface area (Å²) in [6.07, 6.45) is 1.97. The molecule has 2 saturated carbocycles. The number of fused-ring (bicyclic) bond motifs is 2. The van der Waals surface area contributed by atoms with Gasteiger partial charge >= 0.3 is 0 Å². The lowest BCUT2D eigenvalue weighted by molar-refractivity contribution is -0.777. The Morgan fingerprint density at radius 1 is 1.62 bits per heavy atom. The van der Waals surface area contributed by atoms with E-state index in [2.05, 4.69) is 32.2 Å². The molecule has 6 heteroatoms. The lowest BCUT2D eigenvalue weighted by atomic mass is 9.70. The summed E-state index contributed by atoms with van der Waals surface area (Å²) < 4.78 is 4.34. The Morgan fingerprint density at radius 2 is 2.31 bits per heavy atom. The maximum absolute atomic E-state index is 12.1. The van der Waals surface area contributed by atoms with Crippen LogP contribution in [0, 0.1) is 16.7 Å². The molecule has 0 radical (unpaired) electrons. The van der Waals surface area contributed by atoms with Crippen LogP contribution in [0.4, 0.5) is 0 Å². The van der Waals surface area contributed by atoms with Crippen molar-refractivity contribution in [3.8, 4) is 0 Å². The van der Waals surface area contributed by atoms with Crippen molar-refractivity contribution in [1.82, 2.24) is 0 Å². The van der Waals surface area contributed by atoms with Gasteiger partial charge in [-0.15, -0.1) is 0 Å². The van der Waals surface area contributed by atoms with E-state index in [0.29, 0.717) is 11.7 Å². The zero-order chi connectivity index (χ0) is 12.0. The molecule has 4 atom stereocenters. The Balaban J connectivity index is 2.18. The molecule has 0 aromatic rings. The summed E-state index contributed by atoms with van der Waals surface area (Å²) in [6, 6.07) is 0. The van der Waals surface area contributed by atoms with Crippen molar-refractivity contribution in [2.75, 3.05) is 5.75 Å². The minimum absolute atomic E-state index is 0.0509. The van der Waals surface area contributed by atoms with Crippen molar-refractivity contribution in [3.63, 3.8) is 0 Å². The van der Waals surface area contributed by atoms with Crippen LogP contribution in [0.15, 0.2) is 0 Å². The van der Waals surface area contributed by atoms with Gasteiger partial charge in [-0.25, -0.2) is 0 Å². The standard InChI is InChI=1S/C10H15BrO4S/c1-9-4-3-6(7(11)8(9)12)10(9,2)5-16-15-14-13/h6-7,13H,3-5H2,1-2H3/p-1. The maximum atomic E-state index is 12.1. The maximum Gasteiger partial charge on any atom is 0.153 e. The molecular formula is C10H14BrO4S-. The molecule has 16 heavy (non-hydrogen) atoms. The molecule has 0 heterocycles. The van der Waals surface area contributed by atoms with Crippen molar-refractivity contribution >= 4 is 33.8 Å². The summed E-state index contributed by atoms with van der Waals surface area (Å²) in [5, 5.41) is 13.1. The van der Waals surface area contributed by atoms with E-state index in [1.54, 1.807) is 0 Å². The third-order valence-corrected chi connectivity index (χ3v) is 6.54. The molecule has 0 spiro atoms. The van der Waals surface area contributed by atoms with Crippen LogP contribution in [0.1, 0.15) is 26.7 Å². The van der Waals surface area contributed by atoms with E-state index in [4.69, 9.17) is 0 Å². The van der Waals surface area contributed by atoms with E-state index < -0.39 is 0 Å². The molecular weight excluding hydrogens is 296 g/mol. The SMILES string of the molecule is CC12CCC(C(Br)C1=O)C2(C)CSOO[O-]. The molecule has 2 bridgehead atoms. The second kappa shape index (κ2) is 4.24.